The number of hydrogen-bond donors (Lipinski definition) is 0. The molecule has 1 aromatic rings. The number of benzene rings is 1. The van der Waals surface area contributed by atoms with Crippen molar-refractivity contribution in [3.8, 4) is 0 Å². The molecule has 0 aliphatic heterocycles. The Morgan fingerprint density at radius 3 is 2.07 bits per heavy atom. The summed E-state index contributed by atoms with van der Waals surface area (Å²) in [6.45, 7) is 6.98. The van der Waals surface area contributed by atoms with Gasteiger partial charge in [0, 0.05) is 6.42 Å². The Labute approximate surface area is 85.8 Å². The first-order valence-electron chi connectivity index (χ1n) is 4.54. The van der Waals surface area contributed by atoms with Crippen molar-refractivity contribution in [1.29, 1.82) is 0 Å². The Morgan fingerprint density at radius 1 is 1.07 bits per heavy atom. The molecule has 0 aliphatic carbocycles. The summed E-state index contributed by atoms with van der Waals surface area (Å²) in [7, 11) is 0. The number of allylic oxidation sites excluding steroid dienone is 2. The van der Waals surface area contributed by atoms with E-state index in [-0.39, 0.29) is 0 Å². The van der Waals surface area contributed by atoms with Crippen LogP contribution in [0.3, 0.4) is 0 Å². The van der Waals surface area contributed by atoms with Gasteiger partial charge in [-0.15, -0.1) is 13.2 Å². The Morgan fingerprint density at radius 2 is 1.71 bits per heavy atom. The Balaban J connectivity index is 0.000000292. The molecule has 1 aromatic carbocycles. The molecule has 0 aromatic heterocycles. The van der Waals surface area contributed by atoms with Gasteiger partial charge < -0.3 is 4.79 Å². The summed E-state index contributed by atoms with van der Waals surface area (Å²) in [5.41, 5.74) is 1.33. The fraction of sp³-hybridized carbons (Fsp3) is 0.154. The fourth-order valence-corrected chi connectivity index (χ4v) is 0.849. The van der Waals surface area contributed by atoms with Gasteiger partial charge in [-0.2, -0.15) is 0 Å². The normalized spacial score (nSPS) is 8.00. The smallest absolute Gasteiger partial charge is 0.123 e. The van der Waals surface area contributed by atoms with Crippen molar-refractivity contribution in [2.45, 2.75) is 12.8 Å². The van der Waals surface area contributed by atoms with Crippen LogP contribution in [0, 0.1) is 0 Å². The van der Waals surface area contributed by atoms with E-state index in [1.54, 1.807) is 6.08 Å². The lowest BCUT2D eigenvalue weighted by atomic mass is 10.2. The van der Waals surface area contributed by atoms with Crippen LogP contribution in [-0.2, 0) is 11.2 Å². The summed E-state index contributed by atoms with van der Waals surface area (Å²) in [5, 5.41) is 0. The molecule has 0 unspecified atom stereocenters. The van der Waals surface area contributed by atoms with Crippen LogP contribution in [0.15, 0.2) is 55.6 Å². The highest BCUT2D eigenvalue weighted by atomic mass is 16.1. The molecule has 0 bridgehead atoms. The Bertz CT molecular complexity index is 256. The largest absolute Gasteiger partial charge is 0.303 e. The molecule has 74 valence electrons. The second kappa shape index (κ2) is 9.46. The summed E-state index contributed by atoms with van der Waals surface area (Å²) >= 11 is 0. The standard InChI is InChI=1S/C9H10.C4H6O/c1-2-6-9-7-4-3-5-8-9;1-2-3-4-5/h2-5,7-8H,1,6H2;2,4H,1,3H2. The lowest BCUT2D eigenvalue weighted by Crippen LogP contribution is -1.75. The van der Waals surface area contributed by atoms with E-state index in [4.69, 9.17) is 0 Å². The van der Waals surface area contributed by atoms with Crippen LogP contribution in [0.1, 0.15) is 12.0 Å². The highest BCUT2D eigenvalue weighted by molar-refractivity contribution is 5.51. The summed E-state index contributed by atoms with van der Waals surface area (Å²) in [6.07, 6.45) is 5.73. The van der Waals surface area contributed by atoms with Gasteiger partial charge in [0.1, 0.15) is 6.29 Å². The number of rotatable bonds is 4. The molecule has 0 heterocycles. The summed E-state index contributed by atoms with van der Waals surface area (Å²) in [4.78, 5) is 9.33. The molecule has 0 saturated carbocycles. The summed E-state index contributed by atoms with van der Waals surface area (Å²) in [5.74, 6) is 0. The van der Waals surface area contributed by atoms with Crippen LogP contribution in [0.4, 0.5) is 0 Å². The van der Waals surface area contributed by atoms with E-state index >= 15 is 0 Å². The van der Waals surface area contributed by atoms with Crippen molar-refractivity contribution in [2.75, 3.05) is 0 Å². The SMILES string of the molecule is C=CCC=O.C=CCc1ccccc1. The van der Waals surface area contributed by atoms with Crippen LogP contribution in [0.5, 0.6) is 0 Å². The first-order chi connectivity index (χ1) is 6.85. The minimum absolute atomic E-state index is 0.472. The molecule has 1 nitrogen and oxygen atoms in total. The van der Waals surface area contributed by atoms with Crippen LogP contribution in [-0.4, -0.2) is 6.29 Å². The van der Waals surface area contributed by atoms with Crippen LogP contribution in [0.2, 0.25) is 0 Å². The average molecular weight is 188 g/mol. The molecule has 1 heteroatoms. The monoisotopic (exact) mass is 188 g/mol. The van der Waals surface area contributed by atoms with Gasteiger partial charge in [-0.05, 0) is 12.0 Å². The number of aldehydes is 1. The van der Waals surface area contributed by atoms with E-state index < -0.39 is 0 Å². The zero-order chi connectivity index (χ0) is 10.6. The third-order valence-electron chi connectivity index (χ3n) is 1.49. The van der Waals surface area contributed by atoms with E-state index in [0.717, 1.165) is 12.7 Å². The zero-order valence-electron chi connectivity index (χ0n) is 8.36. The van der Waals surface area contributed by atoms with E-state index in [1.807, 2.05) is 24.3 Å². The van der Waals surface area contributed by atoms with E-state index in [2.05, 4.69) is 25.3 Å². The molecular weight excluding hydrogens is 172 g/mol. The van der Waals surface area contributed by atoms with Crippen molar-refractivity contribution in [1.82, 2.24) is 0 Å². The van der Waals surface area contributed by atoms with Crippen molar-refractivity contribution >= 4 is 6.29 Å². The molecular formula is C13H16O. The van der Waals surface area contributed by atoms with E-state index in [1.165, 1.54) is 5.56 Å². The number of carbonyl (C=O) groups is 1. The quantitative estimate of drug-likeness (QED) is 0.524. The first-order valence-corrected chi connectivity index (χ1v) is 4.54. The molecule has 0 amide bonds. The maximum atomic E-state index is 9.33. The van der Waals surface area contributed by atoms with Crippen molar-refractivity contribution in [3.63, 3.8) is 0 Å². The van der Waals surface area contributed by atoms with Crippen LogP contribution >= 0.6 is 0 Å². The van der Waals surface area contributed by atoms with Gasteiger partial charge in [-0.25, -0.2) is 0 Å². The lowest BCUT2D eigenvalue weighted by Gasteiger charge is -1.91. The van der Waals surface area contributed by atoms with Gasteiger partial charge in [-0.1, -0.05) is 42.5 Å². The fourth-order valence-electron chi connectivity index (χ4n) is 0.849. The Hall–Kier alpha value is -1.63. The zero-order valence-corrected chi connectivity index (χ0v) is 8.36. The summed E-state index contributed by atoms with van der Waals surface area (Å²) in [6, 6.07) is 10.3. The highest BCUT2D eigenvalue weighted by Gasteiger charge is 1.82. The molecule has 0 saturated heterocycles. The van der Waals surface area contributed by atoms with Crippen molar-refractivity contribution in [2.24, 2.45) is 0 Å². The van der Waals surface area contributed by atoms with Crippen LogP contribution in [0.25, 0.3) is 0 Å². The lowest BCUT2D eigenvalue weighted by molar-refractivity contribution is -0.107. The van der Waals surface area contributed by atoms with Gasteiger partial charge >= 0.3 is 0 Å². The maximum absolute atomic E-state index is 9.33. The topological polar surface area (TPSA) is 17.1 Å². The molecule has 0 spiro atoms. The highest BCUT2D eigenvalue weighted by Crippen LogP contribution is 1.98. The molecule has 14 heavy (non-hydrogen) atoms. The van der Waals surface area contributed by atoms with E-state index in [9.17, 15) is 4.79 Å². The molecule has 0 atom stereocenters. The predicted octanol–water partition coefficient (Wildman–Crippen LogP) is 3.18. The van der Waals surface area contributed by atoms with Gasteiger partial charge in [0.25, 0.3) is 0 Å². The molecule has 0 radical (unpaired) electrons. The Kier molecular flexibility index (Phi) is 8.36. The third kappa shape index (κ3) is 7.04. The average Bonchev–Trinajstić information content (AvgIpc) is 2.22. The second-order valence-electron chi connectivity index (χ2n) is 2.67. The van der Waals surface area contributed by atoms with Gasteiger partial charge in [0.05, 0.1) is 0 Å². The second-order valence-corrected chi connectivity index (χ2v) is 2.67. The van der Waals surface area contributed by atoms with Gasteiger partial charge in [0.15, 0.2) is 0 Å². The first kappa shape index (κ1) is 12.4. The van der Waals surface area contributed by atoms with E-state index in [0.29, 0.717) is 6.42 Å². The minimum atomic E-state index is 0.472. The van der Waals surface area contributed by atoms with Crippen molar-refractivity contribution in [3.05, 3.63) is 61.2 Å². The van der Waals surface area contributed by atoms with Gasteiger partial charge in [-0.3, -0.25) is 0 Å². The molecule has 0 aliphatic rings. The summed E-state index contributed by atoms with van der Waals surface area (Å²) < 4.78 is 0. The molecule has 0 N–H and O–H groups in total. The predicted molar refractivity (Wildman–Crippen MR) is 61.2 cm³/mol. The third-order valence-corrected chi connectivity index (χ3v) is 1.49. The number of hydrogen-bond acceptors (Lipinski definition) is 1. The van der Waals surface area contributed by atoms with Crippen molar-refractivity contribution < 1.29 is 4.79 Å². The minimum Gasteiger partial charge on any atom is -0.303 e. The van der Waals surface area contributed by atoms with Gasteiger partial charge in [0.2, 0.25) is 0 Å². The molecule has 1 rings (SSSR count). The number of carbonyl (C=O) groups excluding carboxylic acids is 1. The maximum Gasteiger partial charge on any atom is 0.123 e. The van der Waals surface area contributed by atoms with Crippen LogP contribution < -0.4 is 0 Å². The molecule has 0 fully saturated rings.